The average Bonchev–Trinajstić information content (AvgIpc) is 3.29. The second-order valence-corrected chi connectivity index (χ2v) is 9.81. The smallest absolute Gasteiger partial charge is 0.264 e. The lowest BCUT2D eigenvalue weighted by Crippen LogP contribution is -2.15. The van der Waals surface area contributed by atoms with E-state index in [1.54, 1.807) is 19.1 Å². The van der Waals surface area contributed by atoms with Gasteiger partial charge in [0.2, 0.25) is 0 Å². The Bertz CT molecular complexity index is 1390. The molecule has 0 spiro atoms. The lowest BCUT2D eigenvalue weighted by atomic mass is 10.3. The van der Waals surface area contributed by atoms with Crippen LogP contribution < -0.4 is 9.44 Å². The SMILES string of the molecule is Cc1cc(NS(=O)(=O)c2ccc(NS(=O)(=O)c3cccc4nsnc34)cc2)no1. The first-order valence-corrected chi connectivity index (χ1v) is 11.7. The lowest BCUT2D eigenvalue weighted by Gasteiger charge is -2.10. The van der Waals surface area contributed by atoms with E-state index in [4.69, 9.17) is 4.52 Å². The molecule has 0 atom stereocenters. The molecule has 150 valence electrons. The Morgan fingerprint density at radius 3 is 2.38 bits per heavy atom. The summed E-state index contributed by atoms with van der Waals surface area (Å²) in [6.45, 7) is 1.63. The maximum absolute atomic E-state index is 12.7. The van der Waals surface area contributed by atoms with E-state index in [2.05, 4.69) is 23.3 Å². The van der Waals surface area contributed by atoms with Crippen LogP contribution in [0, 0.1) is 6.92 Å². The first-order valence-electron chi connectivity index (χ1n) is 8.05. The number of nitrogens with one attached hydrogen (secondary N) is 2. The molecule has 0 saturated heterocycles. The molecule has 2 heterocycles. The van der Waals surface area contributed by atoms with Crippen molar-refractivity contribution < 1.29 is 21.4 Å². The van der Waals surface area contributed by atoms with Gasteiger partial charge in [0.25, 0.3) is 20.0 Å². The number of nitrogens with zero attached hydrogens (tertiary/aromatic N) is 3. The van der Waals surface area contributed by atoms with Crippen molar-refractivity contribution in [3.63, 3.8) is 0 Å². The molecule has 13 heteroatoms. The van der Waals surface area contributed by atoms with Gasteiger partial charge in [0.15, 0.2) is 5.82 Å². The Morgan fingerprint density at radius 1 is 0.931 bits per heavy atom. The Labute approximate surface area is 170 Å². The van der Waals surface area contributed by atoms with E-state index in [0.29, 0.717) is 11.3 Å². The van der Waals surface area contributed by atoms with Crippen LogP contribution in [0.2, 0.25) is 0 Å². The van der Waals surface area contributed by atoms with Crippen LogP contribution in [0.15, 0.2) is 62.8 Å². The van der Waals surface area contributed by atoms with Crippen LogP contribution in [0.1, 0.15) is 5.76 Å². The standard InChI is InChI=1S/C16H13N5O5S3/c1-10-9-15(17-26-10)21-28(22,23)12-7-5-11(6-8-12)20-29(24,25)14-4-2-3-13-16(14)19-27-18-13/h2-9,20H,1H3,(H,17,21). The van der Waals surface area contributed by atoms with Gasteiger partial charge in [0.1, 0.15) is 21.7 Å². The number of fused-ring (bicyclic) bond motifs is 1. The Morgan fingerprint density at radius 2 is 1.69 bits per heavy atom. The van der Waals surface area contributed by atoms with E-state index < -0.39 is 20.0 Å². The number of hydrogen-bond acceptors (Lipinski definition) is 9. The first-order chi connectivity index (χ1) is 13.7. The summed E-state index contributed by atoms with van der Waals surface area (Å²) in [5.74, 6) is 0.509. The normalized spacial score (nSPS) is 12.2. The highest BCUT2D eigenvalue weighted by molar-refractivity contribution is 7.93. The van der Waals surface area contributed by atoms with Gasteiger partial charge in [-0.2, -0.15) is 8.75 Å². The zero-order valence-electron chi connectivity index (χ0n) is 14.7. The van der Waals surface area contributed by atoms with Crippen molar-refractivity contribution in [3.05, 3.63) is 54.3 Å². The van der Waals surface area contributed by atoms with E-state index in [-0.39, 0.29) is 26.8 Å². The Balaban J connectivity index is 1.57. The summed E-state index contributed by atoms with van der Waals surface area (Å²) in [4.78, 5) is -0.0737. The maximum Gasteiger partial charge on any atom is 0.264 e. The van der Waals surface area contributed by atoms with Gasteiger partial charge in [-0.05, 0) is 43.3 Å². The van der Waals surface area contributed by atoms with E-state index >= 15 is 0 Å². The monoisotopic (exact) mass is 451 g/mol. The number of benzene rings is 2. The second kappa shape index (κ2) is 7.09. The van der Waals surface area contributed by atoms with Gasteiger partial charge < -0.3 is 4.52 Å². The minimum Gasteiger partial charge on any atom is -0.360 e. The molecule has 0 saturated carbocycles. The maximum atomic E-state index is 12.7. The van der Waals surface area contributed by atoms with E-state index in [0.717, 1.165) is 11.7 Å². The number of sulfonamides is 2. The van der Waals surface area contributed by atoms with E-state index in [9.17, 15) is 16.8 Å². The largest absolute Gasteiger partial charge is 0.360 e. The summed E-state index contributed by atoms with van der Waals surface area (Å²) in [6.07, 6.45) is 0. The van der Waals surface area contributed by atoms with Gasteiger partial charge in [-0.15, -0.1) is 0 Å². The third-order valence-electron chi connectivity index (χ3n) is 3.82. The van der Waals surface area contributed by atoms with Crippen molar-refractivity contribution in [2.75, 3.05) is 9.44 Å². The quantitative estimate of drug-likeness (QED) is 0.455. The van der Waals surface area contributed by atoms with Crippen molar-refractivity contribution in [2.24, 2.45) is 0 Å². The fourth-order valence-corrected chi connectivity index (χ4v) is 5.33. The van der Waals surface area contributed by atoms with Crippen LogP contribution in [-0.4, -0.2) is 30.7 Å². The molecule has 0 aliphatic heterocycles. The first kappa shape index (κ1) is 19.3. The summed E-state index contributed by atoms with van der Waals surface area (Å²) in [7, 11) is -7.84. The van der Waals surface area contributed by atoms with Crippen LogP contribution in [0.3, 0.4) is 0 Å². The van der Waals surface area contributed by atoms with Crippen molar-refractivity contribution in [3.8, 4) is 0 Å². The average molecular weight is 452 g/mol. The molecule has 2 aromatic heterocycles. The molecule has 4 rings (SSSR count). The second-order valence-electron chi connectivity index (χ2n) is 5.95. The molecule has 0 fully saturated rings. The minimum atomic E-state index is -3.94. The predicted octanol–water partition coefficient (Wildman–Crippen LogP) is 2.59. The third-order valence-corrected chi connectivity index (χ3v) is 7.15. The van der Waals surface area contributed by atoms with Crippen LogP contribution in [0.25, 0.3) is 11.0 Å². The van der Waals surface area contributed by atoms with Gasteiger partial charge >= 0.3 is 0 Å². The molecule has 2 aromatic carbocycles. The number of aromatic nitrogens is 3. The molecule has 0 aliphatic rings. The molecule has 2 N–H and O–H groups in total. The highest BCUT2D eigenvalue weighted by Gasteiger charge is 2.21. The molecular formula is C16H13N5O5S3. The number of aryl methyl sites for hydroxylation is 1. The predicted molar refractivity (Wildman–Crippen MR) is 107 cm³/mol. The molecule has 0 bridgehead atoms. The minimum absolute atomic E-state index is 0.0106. The van der Waals surface area contributed by atoms with Gasteiger partial charge in [0.05, 0.1) is 16.6 Å². The van der Waals surface area contributed by atoms with E-state index in [1.165, 1.54) is 36.4 Å². The topological polar surface area (TPSA) is 144 Å². The van der Waals surface area contributed by atoms with Crippen molar-refractivity contribution in [1.82, 2.24) is 13.9 Å². The summed E-state index contributed by atoms with van der Waals surface area (Å²) < 4.78 is 67.8. The van der Waals surface area contributed by atoms with Gasteiger partial charge in [0, 0.05) is 11.8 Å². The molecule has 10 nitrogen and oxygen atoms in total. The fourth-order valence-electron chi connectivity index (χ4n) is 2.52. The molecule has 0 aliphatic carbocycles. The van der Waals surface area contributed by atoms with Crippen molar-refractivity contribution in [2.45, 2.75) is 16.7 Å². The molecule has 29 heavy (non-hydrogen) atoms. The van der Waals surface area contributed by atoms with Gasteiger partial charge in [-0.25, -0.2) is 16.8 Å². The highest BCUT2D eigenvalue weighted by atomic mass is 32.2. The highest BCUT2D eigenvalue weighted by Crippen LogP contribution is 2.24. The summed E-state index contributed by atoms with van der Waals surface area (Å²) in [6, 6.07) is 11.4. The van der Waals surface area contributed by atoms with Crippen LogP contribution in [0.5, 0.6) is 0 Å². The van der Waals surface area contributed by atoms with E-state index in [1.807, 2.05) is 0 Å². The van der Waals surface area contributed by atoms with Crippen molar-refractivity contribution >= 4 is 54.3 Å². The summed E-state index contributed by atoms with van der Waals surface area (Å²) in [5.41, 5.74) is 0.950. The zero-order chi connectivity index (χ0) is 20.6. The van der Waals surface area contributed by atoms with Gasteiger partial charge in [-0.3, -0.25) is 9.44 Å². The zero-order valence-corrected chi connectivity index (χ0v) is 17.2. The number of hydrogen-bond donors (Lipinski definition) is 2. The Kier molecular flexibility index (Phi) is 4.72. The number of anilines is 2. The van der Waals surface area contributed by atoms with Crippen LogP contribution in [0.4, 0.5) is 11.5 Å². The molecule has 4 aromatic rings. The number of rotatable bonds is 6. The molecular weight excluding hydrogens is 438 g/mol. The molecule has 0 radical (unpaired) electrons. The van der Waals surface area contributed by atoms with Gasteiger partial charge in [-0.1, -0.05) is 11.2 Å². The summed E-state index contributed by atoms with van der Waals surface area (Å²) in [5, 5.41) is 3.58. The Hall–Kier alpha value is -3.03. The van der Waals surface area contributed by atoms with Crippen LogP contribution in [-0.2, 0) is 20.0 Å². The molecule has 0 amide bonds. The van der Waals surface area contributed by atoms with Crippen LogP contribution >= 0.6 is 11.7 Å². The summed E-state index contributed by atoms with van der Waals surface area (Å²) >= 11 is 0.919. The van der Waals surface area contributed by atoms with Crippen molar-refractivity contribution in [1.29, 1.82) is 0 Å². The lowest BCUT2D eigenvalue weighted by molar-refractivity contribution is 0.400. The molecule has 0 unspecified atom stereocenters. The fraction of sp³-hybridized carbons (Fsp3) is 0.0625. The third kappa shape index (κ3) is 3.92.